The van der Waals surface area contributed by atoms with Crippen LogP contribution in [-0.4, -0.2) is 57.7 Å². The second-order valence-corrected chi connectivity index (χ2v) is 7.55. The van der Waals surface area contributed by atoms with Crippen molar-refractivity contribution in [2.75, 3.05) is 46.9 Å². The molecule has 1 unspecified atom stereocenters. The van der Waals surface area contributed by atoms with Crippen LogP contribution in [-0.2, 0) is 11.3 Å². The lowest BCUT2D eigenvalue weighted by molar-refractivity contribution is 0.0903. The summed E-state index contributed by atoms with van der Waals surface area (Å²) < 4.78 is 27.7. The third-order valence-electron chi connectivity index (χ3n) is 5.23. The molecule has 31 heavy (non-hydrogen) atoms. The summed E-state index contributed by atoms with van der Waals surface area (Å²) in [4.78, 5) is 2.09. The fourth-order valence-corrected chi connectivity index (χ4v) is 3.88. The molecular formula is C23H30N2O5S. The van der Waals surface area contributed by atoms with Gasteiger partial charge in [0.25, 0.3) is 0 Å². The van der Waals surface area contributed by atoms with Crippen LogP contribution in [0.3, 0.4) is 0 Å². The van der Waals surface area contributed by atoms with Crippen LogP contribution in [0.25, 0.3) is 0 Å². The summed E-state index contributed by atoms with van der Waals surface area (Å²) in [7, 11) is 6.52. The van der Waals surface area contributed by atoms with E-state index in [9.17, 15) is 0 Å². The number of nitrogens with one attached hydrogen (secondary N) is 1. The number of thiocarbonyl (C=S) groups is 1. The molecule has 0 saturated carbocycles. The third kappa shape index (κ3) is 5.71. The first-order valence-electron chi connectivity index (χ1n) is 10.2. The van der Waals surface area contributed by atoms with E-state index in [-0.39, 0.29) is 6.10 Å². The molecule has 8 heteroatoms. The van der Waals surface area contributed by atoms with Crippen LogP contribution in [0.4, 0.5) is 5.69 Å². The van der Waals surface area contributed by atoms with E-state index in [0.717, 1.165) is 30.7 Å². The average Bonchev–Trinajstić information content (AvgIpc) is 3.31. The molecule has 2 aromatic carbocycles. The first-order valence-corrected chi connectivity index (χ1v) is 10.6. The van der Waals surface area contributed by atoms with E-state index in [4.69, 9.17) is 35.9 Å². The molecule has 0 aromatic heterocycles. The molecule has 1 aliphatic heterocycles. The molecule has 7 nitrogen and oxygen atoms in total. The van der Waals surface area contributed by atoms with Gasteiger partial charge >= 0.3 is 0 Å². The molecule has 2 aromatic rings. The Kier molecular flexibility index (Phi) is 8.20. The molecule has 0 bridgehead atoms. The van der Waals surface area contributed by atoms with Crippen molar-refractivity contribution in [3.8, 4) is 23.0 Å². The van der Waals surface area contributed by atoms with Gasteiger partial charge in [-0.2, -0.15) is 0 Å². The zero-order valence-electron chi connectivity index (χ0n) is 18.5. The van der Waals surface area contributed by atoms with Gasteiger partial charge in [-0.3, -0.25) is 0 Å². The minimum atomic E-state index is 0.133. The maximum absolute atomic E-state index is 5.87. The van der Waals surface area contributed by atoms with Crippen molar-refractivity contribution in [2.24, 2.45) is 0 Å². The van der Waals surface area contributed by atoms with Crippen molar-refractivity contribution in [3.63, 3.8) is 0 Å². The predicted octanol–water partition coefficient (Wildman–Crippen LogP) is 4.10. The molecule has 1 atom stereocenters. The molecule has 0 radical (unpaired) electrons. The van der Waals surface area contributed by atoms with E-state index in [2.05, 4.69) is 10.2 Å². The monoisotopic (exact) mass is 446 g/mol. The quantitative estimate of drug-likeness (QED) is 0.578. The van der Waals surface area contributed by atoms with Crippen LogP contribution in [0, 0.1) is 0 Å². The van der Waals surface area contributed by atoms with Gasteiger partial charge in [-0.1, -0.05) is 12.1 Å². The number of hydrogen-bond donors (Lipinski definition) is 1. The zero-order valence-corrected chi connectivity index (χ0v) is 19.3. The van der Waals surface area contributed by atoms with Gasteiger partial charge in [0.05, 0.1) is 40.2 Å². The van der Waals surface area contributed by atoms with E-state index < -0.39 is 0 Å². The van der Waals surface area contributed by atoms with Gasteiger partial charge in [0.2, 0.25) is 0 Å². The van der Waals surface area contributed by atoms with Crippen molar-refractivity contribution in [2.45, 2.75) is 25.5 Å². The van der Waals surface area contributed by atoms with Crippen LogP contribution in [0.15, 0.2) is 36.4 Å². The fourth-order valence-electron chi connectivity index (χ4n) is 3.63. The molecule has 3 rings (SSSR count). The summed E-state index contributed by atoms with van der Waals surface area (Å²) in [6.07, 6.45) is 2.21. The summed E-state index contributed by atoms with van der Waals surface area (Å²) in [5.41, 5.74) is 1.74. The van der Waals surface area contributed by atoms with Crippen LogP contribution in [0.2, 0.25) is 0 Å². The number of para-hydroxylation sites is 1. The Morgan fingerprint density at radius 3 is 2.52 bits per heavy atom. The Balaban J connectivity index is 1.84. The van der Waals surface area contributed by atoms with Crippen molar-refractivity contribution < 1.29 is 23.7 Å². The molecule has 0 amide bonds. The molecule has 1 heterocycles. The minimum Gasteiger partial charge on any atom is -0.497 e. The SMILES string of the molecule is COc1ccc(NC(=S)N(Cc2cccc(OC)c2OC)CC2CCCO2)c(OC)c1. The summed E-state index contributed by atoms with van der Waals surface area (Å²) in [5.74, 6) is 2.75. The molecule has 0 spiro atoms. The molecule has 0 aliphatic carbocycles. The number of rotatable bonds is 9. The maximum atomic E-state index is 5.87. The van der Waals surface area contributed by atoms with Gasteiger partial charge in [-0.05, 0) is 43.3 Å². The van der Waals surface area contributed by atoms with Crippen molar-refractivity contribution in [1.82, 2.24) is 4.90 Å². The van der Waals surface area contributed by atoms with Crippen LogP contribution >= 0.6 is 12.2 Å². The van der Waals surface area contributed by atoms with Gasteiger partial charge in [-0.25, -0.2) is 0 Å². The van der Waals surface area contributed by atoms with Gasteiger partial charge in [-0.15, -0.1) is 0 Å². The lowest BCUT2D eigenvalue weighted by Crippen LogP contribution is -2.39. The Morgan fingerprint density at radius 1 is 1.06 bits per heavy atom. The van der Waals surface area contributed by atoms with Crippen molar-refractivity contribution in [3.05, 3.63) is 42.0 Å². The summed E-state index contributed by atoms with van der Waals surface area (Å²) in [6, 6.07) is 11.4. The van der Waals surface area contributed by atoms with Crippen LogP contribution in [0.5, 0.6) is 23.0 Å². The van der Waals surface area contributed by atoms with E-state index in [0.29, 0.717) is 41.2 Å². The zero-order chi connectivity index (χ0) is 22.2. The smallest absolute Gasteiger partial charge is 0.173 e. The highest BCUT2D eigenvalue weighted by Gasteiger charge is 2.23. The fraction of sp³-hybridized carbons (Fsp3) is 0.435. The van der Waals surface area contributed by atoms with Crippen LogP contribution < -0.4 is 24.3 Å². The van der Waals surface area contributed by atoms with E-state index in [1.807, 2.05) is 36.4 Å². The second kappa shape index (κ2) is 11.1. The highest BCUT2D eigenvalue weighted by Crippen LogP contribution is 2.33. The van der Waals surface area contributed by atoms with Gasteiger partial charge in [0, 0.05) is 31.3 Å². The Morgan fingerprint density at radius 2 is 1.87 bits per heavy atom. The third-order valence-corrected chi connectivity index (χ3v) is 5.59. The minimum absolute atomic E-state index is 0.133. The first kappa shape index (κ1) is 23.0. The first-order chi connectivity index (χ1) is 15.1. The average molecular weight is 447 g/mol. The standard InChI is InChI=1S/C23H30N2O5S/c1-26-17-10-11-19(21(13-17)28-3)24-23(31)25(15-18-8-6-12-30-18)14-16-7-5-9-20(27-2)22(16)29-4/h5,7,9-11,13,18H,6,8,12,14-15H2,1-4H3,(H,24,31). The van der Waals surface area contributed by atoms with E-state index in [1.54, 1.807) is 28.4 Å². The Hall–Kier alpha value is -2.71. The summed E-state index contributed by atoms with van der Waals surface area (Å²) in [5, 5.41) is 3.90. The van der Waals surface area contributed by atoms with E-state index in [1.165, 1.54) is 0 Å². The lowest BCUT2D eigenvalue weighted by atomic mass is 10.1. The predicted molar refractivity (Wildman–Crippen MR) is 125 cm³/mol. The van der Waals surface area contributed by atoms with Gasteiger partial charge < -0.3 is 33.9 Å². The van der Waals surface area contributed by atoms with Gasteiger partial charge in [0.15, 0.2) is 16.6 Å². The topological polar surface area (TPSA) is 61.4 Å². The van der Waals surface area contributed by atoms with E-state index >= 15 is 0 Å². The highest BCUT2D eigenvalue weighted by molar-refractivity contribution is 7.80. The lowest BCUT2D eigenvalue weighted by Gasteiger charge is -2.29. The Labute approximate surface area is 189 Å². The molecular weight excluding hydrogens is 416 g/mol. The summed E-state index contributed by atoms with van der Waals surface area (Å²) in [6.45, 7) is 2.00. The number of nitrogens with zero attached hydrogens (tertiary/aromatic N) is 1. The molecule has 168 valence electrons. The molecule has 1 aliphatic rings. The second-order valence-electron chi connectivity index (χ2n) is 7.16. The number of hydrogen-bond acceptors (Lipinski definition) is 6. The number of benzene rings is 2. The normalized spacial score (nSPS) is 15.3. The van der Waals surface area contributed by atoms with Crippen molar-refractivity contribution >= 4 is 23.0 Å². The Bertz CT molecular complexity index is 886. The maximum Gasteiger partial charge on any atom is 0.173 e. The van der Waals surface area contributed by atoms with Crippen molar-refractivity contribution in [1.29, 1.82) is 0 Å². The largest absolute Gasteiger partial charge is 0.497 e. The number of ether oxygens (including phenoxy) is 5. The van der Waals surface area contributed by atoms with Gasteiger partial charge in [0.1, 0.15) is 11.5 Å². The highest BCUT2D eigenvalue weighted by atomic mass is 32.1. The van der Waals surface area contributed by atoms with Crippen LogP contribution in [0.1, 0.15) is 18.4 Å². The number of anilines is 1. The molecule has 1 fully saturated rings. The molecule has 1 saturated heterocycles. The molecule has 1 N–H and O–H groups in total. The summed E-state index contributed by atoms with van der Waals surface area (Å²) >= 11 is 5.80. The number of methoxy groups -OCH3 is 4.